The molecular weight excluding hydrogens is 200 g/mol. The Morgan fingerprint density at radius 3 is 2.75 bits per heavy atom. The Morgan fingerprint density at radius 1 is 1.44 bits per heavy atom. The van der Waals surface area contributed by atoms with Gasteiger partial charge in [0.25, 0.3) is 0 Å². The molecule has 0 spiro atoms. The molecule has 0 aromatic heterocycles. The van der Waals surface area contributed by atoms with Crippen LogP contribution in [0, 0.1) is 0 Å². The number of hydrogen-bond donors (Lipinski definition) is 0. The zero-order chi connectivity index (χ0) is 11.4. The molecule has 0 radical (unpaired) electrons. The minimum atomic E-state index is -0.0358. The average Bonchev–Trinajstić information content (AvgIpc) is 2.26. The average molecular weight is 214 g/mol. The monoisotopic (exact) mass is 214 g/mol. The summed E-state index contributed by atoms with van der Waals surface area (Å²) in [5.41, 5.74) is 2.29. The van der Waals surface area contributed by atoms with E-state index in [1.807, 2.05) is 25.1 Å². The molecule has 3 heteroatoms. The van der Waals surface area contributed by atoms with E-state index in [1.165, 1.54) is 5.56 Å². The van der Waals surface area contributed by atoms with Crippen LogP contribution in [0.5, 0.6) is 0 Å². The van der Waals surface area contributed by atoms with E-state index in [9.17, 15) is 5.11 Å². The molecule has 0 unspecified atom stereocenters. The summed E-state index contributed by atoms with van der Waals surface area (Å²) in [7, 11) is 0. The van der Waals surface area contributed by atoms with Gasteiger partial charge in [-0.15, -0.1) is 0 Å². The van der Waals surface area contributed by atoms with Gasteiger partial charge in [-0.1, -0.05) is 47.2 Å². The lowest BCUT2D eigenvalue weighted by molar-refractivity contribution is -0.564. The highest BCUT2D eigenvalue weighted by Crippen LogP contribution is 2.03. The Labute approximate surface area is 95.1 Å². The fourth-order valence-corrected chi connectivity index (χ4v) is 1.51. The quantitative estimate of drug-likeness (QED) is 0.698. The summed E-state index contributed by atoms with van der Waals surface area (Å²) in [6, 6.07) is 10.1. The highest BCUT2D eigenvalue weighted by atomic mass is 16.3. The van der Waals surface area contributed by atoms with E-state index >= 15 is 0 Å². The van der Waals surface area contributed by atoms with Gasteiger partial charge in [0.05, 0.1) is 0 Å². The summed E-state index contributed by atoms with van der Waals surface area (Å²) >= 11 is 0. The Bertz CT molecular complexity index is 458. The molecule has 0 amide bonds. The minimum absolute atomic E-state index is 0.0358. The van der Waals surface area contributed by atoms with E-state index in [-0.39, 0.29) is 5.90 Å². The number of rotatable bonds is 3. The Morgan fingerprint density at radius 2 is 2.12 bits per heavy atom. The van der Waals surface area contributed by atoms with Gasteiger partial charge in [0.15, 0.2) is 5.71 Å². The molecule has 1 aromatic carbocycles. The third-order valence-corrected chi connectivity index (χ3v) is 2.48. The first kappa shape index (κ1) is 10.6. The fourth-order valence-electron chi connectivity index (χ4n) is 1.51. The zero-order valence-electron chi connectivity index (χ0n) is 9.26. The van der Waals surface area contributed by atoms with Gasteiger partial charge in [-0.2, -0.15) is 0 Å². The third-order valence-electron chi connectivity index (χ3n) is 2.48. The van der Waals surface area contributed by atoms with Crippen LogP contribution in [0.15, 0.2) is 41.5 Å². The Balaban J connectivity index is 1.94. The van der Waals surface area contributed by atoms with Crippen LogP contribution < -0.4 is 5.11 Å². The van der Waals surface area contributed by atoms with Gasteiger partial charge in [-0.3, -0.25) is 0 Å². The van der Waals surface area contributed by atoms with E-state index in [2.05, 4.69) is 29.4 Å². The molecule has 3 nitrogen and oxygen atoms in total. The number of hydrazone groups is 1. The third kappa shape index (κ3) is 2.57. The van der Waals surface area contributed by atoms with Crippen LogP contribution in [0.4, 0.5) is 0 Å². The maximum absolute atomic E-state index is 10.7. The molecule has 0 atom stereocenters. The van der Waals surface area contributed by atoms with Crippen molar-refractivity contribution in [1.82, 2.24) is 0 Å². The van der Waals surface area contributed by atoms with Crippen molar-refractivity contribution in [2.24, 2.45) is 5.10 Å². The topological polar surface area (TPSA) is 38.4 Å². The molecule has 0 fully saturated rings. The molecule has 82 valence electrons. The van der Waals surface area contributed by atoms with Gasteiger partial charge < -0.3 is 5.11 Å². The standard InChI is InChI=1S/C13H14N2O/c1-11(15-10-13(16)14-15)6-5-9-12-7-3-2-4-8-12/h2-5,7-9H,6,10H2,1H3/b9-5-,15-11-. The van der Waals surface area contributed by atoms with Crippen molar-refractivity contribution >= 4 is 17.7 Å². The van der Waals surface area contributed by atoms with Gasteiger partial charge in [0.2, 0.25) is 6.54 Å². The normalized spacial score (nSPS) is 18.2. The molecule has 1 heterocycles. The maximum atomic E-state index is 10.7. The predicted octanol–water partition coefficient (Wildman–Crippen LogP) is 1.25. The Hall–Kier alpha value is -1.90. The summed E-state index contributed by atoms with van der Waals surface area (Å²) in [5, 5.41) is 14.4. The van der Waals surface area contributed by atoms with Crippen LogP contribution >= 0.6 is 0 Å². The van der Waals surface area contributed by atoms with Gasteiger partial charge in [-0.25, -0.2) is 0 Å². The molecule has 1 aliphatic rings. The number of hydrogen-bond acceptors (Lipinski definition) is 2. The Kier molecular flexibility index (Phi) is 3.15. The predicted molar refractivity (Wildman–Crippen MR) is 63.3 cm³/mol. The van der Waals surface area contributed by atoms with E-state index in [0.29, 0.717) is 6.54 Å². The second-order valence-electron chi connectivity index (χ2n) is 3.80. The van der Waals surface area contributed by atoms with Crippen LogP contribution in [0.3, 0.4) is 0 Å². The van der Waals surface area contributed by atoms with E-state index in [4.69, 9.17) is 0 Å². The lowest BCUT2D eigenvalue weighted by Crippen LogP contribution is -2.40. The molecule has 1 aliphatic heterocycles. The summed E-state index contributed by atoms with van der Waals surface area (Å²) in [4.78, 5) is 0. The lowest BCUT2D eigenvalue weighted by atomic mass is 10.2. The number of allylic oxidation sites excluding steroid dienone is 1. The molecule has 0 aliphatic carbocycles. The van der Waals surface area contributed by atoms with Gasteiger partial charge in [0, 0.05) is 13.3 Å². The molecule has 16 heavy (non-hydrogen) atoms. The smallest absolute Gasteiger partial charge is 0.208 e. The van der Waals surface area contributed by atoms with Crippen molar-refractivity contribution < 1.29 is 9.79 Å². The molecule has 0 N–H and O–H groups in total. The van der Waals surface area contributed by atoms with Crippen molar-refractivity contribution in [2.75, 3.05) is 6.54 Å². The second-order valence-corrected chi connectivity index (χ2v) is 3.80. The van der Waals surface area contributed by atoms with Crippen molar-refractivity contribution in [1.29, 1.82) is 0 Å². The molecule has 2 rings (SSSR count). The largest absolute Gasteiger partial charge is 0.853 e. The first-order valence-electron chi connectivity index (χ1n) is 5.32. The first-order chi connectivity index (χ1) is 7.75. The van der Waals surface area contributed by atoms with Crippen LogP contribution in [-0.4, -0.2) is 22.8 Å². The second kappa shape index (κ2) is 4.75. The highest BCUT2D eigenvalue weighted by Gasteiger charge is 2.17. The lowest BCUT2D eigenvalue weighted by Gasteiger charge is -2.13. The number of benzene rings is 1. The summed E-state index contributed by atoms with van der Waals surface area (Å²) in [5.74, 6) is -0.0358. The SMILES string of the molecule is C/C(C/C=C\c1ccccc1)=[N+]1\CC([O-])=N1. The maximum Gasteiger partial charge on any atom is 0.208 e. The van der Waals surface area contributed by atoms with E-state index < -0.39 is 0 Å². The summed E-state index contributed by atoms with van der Waals surface area (Å²) in [6.45, 7) is 2.43. The molecule has 0 saturated carbocycles. The van der Waals surface area contributed by atoms with Crippen LogP contribution in [0.1, 0.15) is 18.9 Å². The molecular formula is C13H14N2O. The van der Waals surface area contributed by atoms with Crippen molar-refractivity contribution in [3.63, 3.8) is 0 Å². The molecule has 0 bridgehead atoms. The minimum Gasteiger partial charge on any atom is -0.853 e. The first-order valence-corrected chi connectivity index (χ1v) is 5.32. The van der Waals surface area contributed by atoms with Gasteiger partial charge in [0.1, 0.15) is 5.90 Å². The zero-order valence-corrected chi connectivity index (χ0v) is 9.26. The van der Waals surface area contributed by atoms with E-state index in [0.717, 1.165) is 12.1 Å². The van der Waals surface area contributed by atoms with Crippen molar-refractivity contribution in [3.05, 3.63) is 42.0 Å². The number of nitrogens with zero attached hydrogens (tertiary/aromatic N) is 2. The van der Waals surface area contributed by atoms with Crippen LogP contribution in [0.2, 0.25) is 0 Å². The van der Waals surface area contributed by atoms with Crippen LogP contribution in [0.25, 0.3) is 6.08 Å². The van der Waals surface area contributed by atoms with Crippen LogP contribution in [-0.2, 0) is 0 Å². The van der Waals surface area contributed by atoms with Crippen molar-refractivity contribution in [2.45, 2.75) is 13.3 Å². The summed E-state index contributed by atoms with van der Waals surface area (Å²) in [6.07, 6.45) is 4.99. The molecule has 0 saturated heterocycles. The highest BCUT2D eigenvalue weighted by molar-refractivity contribution is 5.83. The summed E-state index contributed by atoms with van der Waals surface area (Å²) < 4.78 is 1.75. The van der Waals surface area contributed by atoms with Gasteiger partial charge in [-0.05, 0) is 10.7 Å². The van der Waals surface area contributed by atoms with E-state index in [1.54, 1.807) is 4.68 Å². The van der Waals surface area contributed by atoms with Crippen molar-refractivity contribution in [3.8, 4) is 0 Å². The molecule has 1 aromatic rings. The fraction of sp³-hybridized carbons (Fsp3) is 0.231. The van der Waals surface area contributed by atoms with Gasteiger partial charge >= 0.3 is 0 Å².